The van der Waals surface area contributed by atoms with Gasteiger partial charge in [-0.1, -0.05) is 12.2 Å². The van der Waals surface area contributed by atoms with Crippen LogP contribution >= 0.6 is 12.4 Å². The highest BCUT2D eigenvalue weighted by atomic mass is 35.5. The summed E-state index contributed by atoms with van der Waals surface area (Å²) in [6.45, 7) is 1.84. The Morgan fingerprint density at radius 3 is 2.67 bits per heavy atom. The molecule has 4 nitrogen and oxygen atoms in total. The molecule has 0 bridgehead atoms. The summed E-state index contributed by atoms with van der Waals surface area (Å²) in [5.41, 5.74) is 7.76. The third kappa shape index (κ3) is 3.55. The van der Waals surface area contributed by atoms with Gasteiger partial charge in [0, 0.05) is 18.2 Å². The van der Waals surface area contributed by atoms with Gasteiger partial charge in [0.15, 0.2) is 0 Å². The van der Waals surface area contributed by atoms with Gasteiger partial charge < -0.3 is 5.73 Å². The highest BCUT2D eigenvalue weighted by Gasteiger charge is 2.18. The summed E-state index contributed by atoms with van der Waals surface area (Å²) in [6, 6.07) is 4.67. The molecule has 1 aromatic carbocycles. The van der Waals surface area contributed by atoms with E-state index in [2.05, 4.69) is 6.08 Å². The standard InChI is InChI=1S/C13H16N2O2.ClH/c1-9(14)13-8-12(15(16)17)7-6-11(13)5-4-10-2-3-10;/h4-10H,2-3,14H2,1H3;1H/b5-4+;/t9-;/m0./s1. The van der Waals surface area contributed by atoms with E-state index in [1.54, 1.807) is 12.1 Å². The van der Waals surface area contributed by atoms with Crippen molar-refractivity contribution in [3.8, 4) is 0 Å². The van der Waals surface area contributed by atoms with E-state index in [1.807, 2.05) is 13.0 Å². The van der Waals surface area contributed by atoms with Crippen molar-refractivity contribution < 1.29 is 4.92 Å². The number of nitro groups is 1. The van der Waals surface area contributed by atoms with Gasteiger partial charge in [0.2, 0.25) is 0 Å². The van der Waals surface area contributed by atoms with Crippen molar-refractivity contribution in [1.82, 2.24) is 0 Å². The molecular weight excluding hydrogens is 252 g/mol. The third-order valence-corrected chi connectivity index (χ3v) is 2.94. The van der Waals surface area contributed by atoms with Crippen LogP contribution in [0.3, 0.4) is 0 Å². The zero-order valence-electron chi connectivity index (χ0n) is 10.2. The van der Waals surface area contributed by atoms with Crippen LogP contribution < -0.4 is 5.73 Å². The number of rotatable bonds is 4. The van der Waals surface area contributed by atoms with E-state index in [1.165, 1.54) is 18.9 Å². The summed E-state index contributed by atoms with van der Waals surface area (Å²) in [6.07, 6.45) is 6.68. The molecule has 5 heteroatoms. The first-order valence-corrected chi connectivity index (χ1v) is 5.80. The topological polar surface area (TPSA) is 69.2 Å². The van der Waals surface area contributed by atoms with E-state index in [9.17, 15) is 10.1 Å². The summed E-state index contributed by atoms with van der Waals surface area (Å²) in [5.74, 6) is 0.686. The Hall–Kier alpha value is -1.39. The molecule has 0 amide bonds. The monoisotopic (exact) mass is 268 g/mol. The van der Waals surface area contributed by atoms with Crippen molar-refractivity contribution in [1.29, 1.82) is 0 Å². The fraction of sp³-hybridized carbons (Fsp3) is 0.385. The van der Waals surface area contributed by atoms with Crippen LogP contribution in [0.1, 0.15) is 36.9 Å². The van der Waals surface area contributed by atoms with Crippen LogP contribution in [0.4, 0.5) is 5.69 Å². The van der Waals surface area contributed by atoms with Crippen molar-refractivity contribution in [2.75, 3.05) is 0 Å². The summed E-state index contributed by atoms with van der Waals surface area (Å²) in [4.78, 5) is 10.3. The predicted octanol–water partition coefficient (Wildman–Crippen LogP) is 3.46. The molecule has 1 aliphatic carbocycles. The van der Waals surface area contributed by atoms with E-state index in [4.69, 9.17) is 5.73 Å². The third-order valence-electron chi connectivity index (χ3n) is 2.94. The molecule has 0 saturated heterocycles. The maximum absolute atomic E-state index is 10.7. The average molecular weight is 269 g/mol. The predicted molar refractivity (Wildman–Crippen MR) is 74.7 cm³/mol. The molecule has 0 radical (unpaired) electrons. The van der Waals surface area contributed by atoms with Crippen LogP contribution in [0.15, 0.2) is 24.3 Å². The Balaban J connectivity index is 0.00000162. The molecule has 0 aliphatic heterocycles. The van der Waals surface area contributed by atoms with Gasteiger partial charge in [-0.3, -0.25) is 10.1 Å². The second-order valence-corrected chi connectivity index (χ2v) is 4.56. The van der Waals surface area contributed by atoms with E-state index < -0.39 is 0 Å². The molecule has 1 atom stereocenters. The molecule has 18 heavy (non-hydrogen) atoms. The molecule has 1 fully saturated rings. The first kappa shape index (κ1) is 14.7. The highest BCUT2D eigenvalue weighted by molar-refractivity contribution is 5.85. The summed E-state index contributed by atoms with van der Waals surface area (Å²) in [7, 11) is 0. The van der Waals surface area contributed by atoms with E-state index >= 15 is 0 Å². The van der Waals surface area contributed by atoms with Gasteiger partial charge in [-0.05, 0) is 42.9 Å². The van der Waals surface area contributed by atoms with Crippen LogP contribution in [-0.4, -0.2) is 4.92 Å². The molecule has 2 N–H and O–H groups in total. The Kier molecular flexibility index (Phi) is 4.87. The quantitative estimate of drug-likeness (QED) is 0.671. The lowest BCUT2D eigenvalue weighted by Gasteiger charge is -2.09. The van der Waals surface area contributed by atoms with Gasteiger partial charge in [-0.2, -0.15) is 0 Å². The molecule has 2 rings (SSSR count). The van der Waals surface area contributed by atoms with Crippen LogP contribution in [0, 0.1) is 16.0 Å². The zero-order chi connectivity index (χ0) is 12.4. The fourth-order valence-electron chi connectivity index (χ4n) is 1.75. The highest BCUT2D eigenvalue weighted by Crippen LogP contribution is 2.32. The maximum Gasteiger partial charge on any atom is 0.269 e. The van der Waals surface area contributed by atoms with Crippen molar-refractivity contribution in [3.63, 3.8) is 0 Å². The van der Waals surface area contributed by atoms with Crippen LogP contribution in [0.25, 0.3) is 6.08 Å². The van der Waals surface area contributed by atoms with Crippen molar-refractivity contribution in [3.05, 3.63) is 45.5 Å². The molecule has 0 spiro atoms. The summed E-state index contributed by atoms with van der Waals surface area (Å²) in [5, 5.41) is 10.7. The summed E-state index contributed by atoms with van der Waals surface area (Å²) >= 11 is 0. The minimum absolute atomic E-state index is 0. The Morgan fingerprint density at radius 1 is 1.50 bits per heavy atom. The maximum atomic E-state index is 10.7. The first-order chi connectivity index (χ1) is 8.08. The molecule has 0 unspecified atom stereocenters. The second kappa shape index (κ2) is 5.98. The number of nitrogens with two attached hydrogens (primary N) is 1. The van der Waals surface area contributed by atoms with Crippen LogP contribution in [-0.2, 0) is 0 Å². The lowest BCUT2D eigenvalue weighted by Crippen LogP contribution is -2.07. The molecular formula is C13H17ClN2O2. The number of halogens is 1. The SMILES string of the molecule is C[C@H](N)c1cc([N+](=O)[O-])ccc1/C=C/C1CC1.Cl. The fourth-order valence-corrected chi connectivity index (χ4v) is 1.75. The van der Waals surface area contributed by atoms with Crippen molar-refractivity contribution in [2.45, 2.75) is 25.8 Å². The molecule has 1 aromatic rings. The minimum atomic E-state index is -0.389. The number of non-ortho nitro benzene ring substituents is 1. The van der Waals surface area contributed by atoms with Crippen LogP contribution in [0.2, 0.25) is 0 Å². The number of hydrogen-bond donors (Lipinski definition) is 1. The van der Waals surface area contributed by atoms with Gasteiger partial charge in [0.05, 0.1) is 4.92 Å². The molecule has 0 aromatic heterocycles. The number of nitrogens with zero attached hydrogens (tertiary/aromatic N) is 1. The lowest BCUT2D eigenvalue weighted by atomic mass is 10.0. The van der Waals surface area contributed by atoms with Gasteiger partial charge in [0.25, 0.3) is 5.69 Å². The minimum Gasteiger partial charge on any atom is -0.324 e. The van der Waals surface area contributed by atoms with E-state index in [-0.39, 0.29) is 29.1 Å². The second-order valence-electron chi connectivity index (χ2n) is 4.56. The number of allylic oxidation sites excluding steroid dienone is 1. The first-order valence-electron chi connectivity index (χ1n) is 5.80. The Bertz CT molecular complexity index is 468. The molecule has 1 saturated carbocycles. The summed E-state index contributed by atoms with van der Waals surface area (Å²) < 4.78 is 0. The molecule has 98 valence electrons. The Labute approximate surface area is 112 Å². The number of benzene rings is 1. The van der Waals surface area contributed by atoms with Gasteiger partial charge in [0.1, 0.15) is 0 Å². The zero-order valence-corrected chi connectivity index (χ0v) is 11.0. The van der Waals surface area contributed by atoms with Crippen LogP contribution in [0.5, 0.6) is 0 Å². The Morgan fingerprint density at radius 2 is 2.17 bits per heavy atom. The largest absolute Gasteiger partial charge is 0.324 e. The average Bonchev–Trinajstić information content (AvgIpc) is 3.09. The number of hydrogen-bond acceptors (Lipinski definition) is 3. The van der Waals surface area contributed by atoms with E-state index in [0.29, 0.717) is 5.92 Å². The smallest absolute Gasteiger partial charge is 0.269 e. The van der Waals surface area contributed by atoms with Gasteiger partial charge in [-0.25, -0.2) is 0 Å². The molecule has 0 heterocycles. The normalized spacial score (nSPS) is 16.3. The van der Waals surface area contributed by atoms with Gasteiger partial charge in [-0.15, -0.1) is 12.4 Å². The van der Waals surface area contributed by atoms with Crippen molar-refractivity contribution in [2.24, 2.45) is 11.7 Å². The lowest BCUT2D eigenvalue weighted by molar-refractivity contribution is -0.384. The van der Waals surface area contributed by atoms with E-state index in [0.717, 1.165) is 11.1 Å². The number of nitro benzene ring substituents is 1. The molecule has 1 aliphatic rings. The van der Waals surface area contributed by atoms with Crippen molar-refractivity contribution >= 4 is 24.2 Å². The van der Waals surface area contributed by atoms with Gasteiger partial charge >= 0.3 is 0 Å².